The van der Waals surface area contributed by atoms with Crippen LogP contribution < -0.4 is 0 Å². The number of aliphatic hydroxyl groups is 1. The number of allylic oxidation sites excluding steroid dienone is 2. The minimum atomic E-state index is -1.10. The van der Waals surface area contributed by atoms with Gasteiger partial charge in [-0.05, 0) is 97.4 Å². The van der Waals surface area contributed by atoms with Crippen molar-refractivity contribution in [2.75, 3.05) is 7.11 Å². The van der Waals surface area contributed by atoms with Crippen LogP contribution >= 0.6 is 0 Å². The van der Waals surface area contributed by atoms with E-state index in [0.29, 0.717) is 17.7 Å². The first-order valence-corrected chi connectivity index (χ1v) is 18.7. The number of hydrogen-bond acceptors (Lipinski definition) is 5. The predicted molar refractivity (Wildman–Crippen MR) is 227 cm³/mol. The van der Waals surface area contributed by atoms with Gasteiger partial charge in [-0.25, -0.2) is 14.9 Å². The summed E-state index contributed by atoms with van der Waals surface area (Å²) >= 11 is 0. The molecule has 0 aliphatic carbocycles. The van der Waals surface area contributed by atoms with Gasteiger partial charge in [-0.2, -0.15) is 0 Å². The number of rotatable bonds is 6. The number of hydrogen-bond donors (Lipinski definition) is 3. The molecule has 0 saturated heterocycles. The summed E-state index contributed by atoms with van der Waals surface area (Å²) in [5.74, 6) is 4.58. The Morgan fingerprint density at radius 2 is 1.36 bits per heavy atom. The number of nitrogens with zero attached hydrogens (tertiary/aromatic N) is 3. The lowest BCUT2D eigenvalue weighted by atomic mass is 9.64. The Hall–Kier alpha value is -5.51. The quantitative estimate of drug-likeness (QED) is 0.169. The van der Waals surface area contributed by atoms with Crippen LogP contribution in [0.4, 0.5) is 4.39 Å². The molecule has 9 heteroatoms. The Labute approximate surface area is 333 Å². The van der Waals surface area contributed by atoms with Crippen LogP contribution in [0.25, 0.3) is 16.7 Å². The minimum Gasteiger partial charge on any atom is -0.507 e. The molecule has 0 amide bonds. The van der Waals surface area contributed by atoms with Crippen molar-refractivity contribution < 1.29 is 23.9 Å². The highest BCUT2D eigenvalue weighted by Crippen LogP contribution is 2.45. The second-order valence-corrected chi connectivity index (χ2v) is 16.5. The van der Waals surface area contributed by atoms with E-state index < -0.39 is 6.85 Å². The van der Waals surface area contributed by atoms with E-state index in [0.717, 1.165) is 96.7 Å². The van der Waals surface area contributed by atoms with Gasteiger partial charge in [0.2, 0.25) is 0 Å². The number of nitriles is 2. The number of carbonyl (C=O) groups excluding carboxylic acids is 1. The maximum Gasteiger partial charge on any atom is 0.719 e. The van der Waals surface area contributed by atoms with Gasteiger partial charge in [-0.3, -0.25) is 4.49 Å². The molecule has 5 rings (SSSR count). The Morgan fingerprint density at radius 3 is 1.82 bits per heavy atom. The zero-order chi connectivity index (χ0) is 42.6. The minimum absolute atomic E-state index is 0.297. The van der Waals surface area contributed by atoms with Crippen LogP contribution in [-0.4, -0.2) is 46.1 Å². The number of aryl methyl sites for hydroxylation is 4. The lowest BCUT2D eigenvalue weighted by Crippen LogP contribution is -2.31. The maximum absolute atomic E-state index is 15.4. The van der Waals surface area contributed by atoms with Gasteiger partial charge < -0.3 is 20.0 Å². The first-order chi connectivity index (χ1) is 26.2. The first-order valence-electron chi connectivity index (χ1n) is 18.7. The Morgan fingerprint density at radius 1 is 0.857 bits per heavy atom. The van der Waals surface area contributed by atoms with Crippen LogP contribution in [-0.2, 0) is 22.0 Å². The topological polar surface area (TPSA) is 124 Å². The van der Waals surface area contributed by atoms with E-state index in [4.69, 9.17) is 9.90 Å². The SMILES string of the molecule is C=O.CC1=C(Cc2cc(C(C)(C)C)c(O)c(C(C)(C)C)c2)C(C)=[N+](B(C#N)C#N)/C1=C(\c1[nH]c(C)c(-c2ccccc2F)c1C)c1c(C)cc(C)cc1C.CO. The molecule has 1 aromatic heterocycles. The molecule has 1 aliphatic heterocycles. The zero-order valence-electron chi connectivity index (χ0n) is 35.6. The second-order valence-electron chi connectivity index (χ2n) is 16.5. The second kappa shape index (κ2) is 17.5. The fourth-order valence-electron chi connectivity index (χ4n) is 8.09. The summed E-state index contributed by atoms with van der Waals surface area (Å²) in [7, 11) is 1.00. The number of aromatic amines is 1. The van der Waals surface area contributed by atoms with Gasteiger partial charge in [0.05, 0.1) is 11.3 Å². The fraction of sp³-hybridized carbons (Fsp3) is 0.362. The number of phenolic OH excluding ortho intramolecular Hbond substituents is 1. The van der Waals surface area contributed by atoms with Crippen LogP contribution in [0.5, 0.6) is 5.75 Å². The van der Waals surface area contributed by atoms with Gasteiger partial charge >= 0.3 is 6.85 Å². The van der Waals surface area contributed by atoms with E-state index >= 15 is 4.39 Å². The Balaban J connectivity index is 0.00000204. The van der Waals surface area contributed by atoms with Crippen LogP contribution in [0.2, 0.25) is 0 Å². The molecule has 0 saturated carbocycles. The molecular formula is C47H57BFN4O3+. The molecule has 56 heavy (non-hydrogen) atoms. The molecule has 292 valence electrons. The highest BCUT2D eigenvalue weighted by molar-refractivity contribution is 6.67. The van der Waals surface area contributed by atoms with Crippen LogP contribution in [0, 0.1) is 62.9 Å². The molecule has 0 radical (unpaired) electrons. The van der Waals surface area contributed by atoms with Crippen LogP contribution in [0.15, 0.2) is 65.4 Å². The molecule has 0 spiro atoms. The average Bonchev–Trinajstić information content (AvgIpc) is 3.54. The van der Waals surface area contributed by atoms with Crippen molar-refractivity contribution in [1.29, 1.82) is 10.5 Å². The first kappa shape index (κ1) is 44.9. The summed E-state index contributed by atoms with van der Waals surface area (Å²) in [4.78, 5) is 11.7. The van der Waals surface area contributed by atoms with E-state index in [9.17, 15) is 15.6 Å². The lowest BCUT2D eigenvalue weighted by molar-refractivity contribution is -0.314. The van der Waals surface area contributed by atoms with Crippen molar-refractivity contribution in [3.8, 4) is 28.8 Å². The molecule has 7 nitrogen and oxygen atoms in total. The molecular weight excluding hydrogens is 698 g/mol. The molecule has 0 bridgehead atoms. The molecule has 0 fully saturated rings. The van der Waals surface area contributed by atoms with E-state index in [-0.39, 0.29) is 16.6 Å². The summed E-state index contributed by atoms with van der Waals surface area (Å²) in [6.07, 6.45) is 0.538. The Kier molecular flexibility index (Phi) is 14.0. The molecule has 4 aromatic rings. The predicted octanol–water partition coefficient (Wildman–Crippen LogP) is 10.0. The number of carbonyl (C=O) groups is 1. The van der Waals surface area contributed by atoms with Crippen molar-refractivity contribution in [2.45, 2.75) is 107 Å². The third-order valence-electron chi connectivity index (χ3n) is 10.5. The summed E-state index contributed by atoms with van der Waals surface area (Å²) < 4.78 is 17.3. The summed E-state index contributed by atoms with van der Waals surface area (Å²) in [5, 5.41) is 39.4. The highest BCUT2D eigenvalue weighted by Gasteiger charge is 2.46. The normalized spacial score (nSPS) is 13.7. The molecule has 3 aromatic carbocycles. The number of aromatic nitrogens is 1. The summed E-state index contributed by atoms with van der Waals surface area (Å²) in [5.41, 5.74) is 14.8. The van der Waals surface area contributed by atoms with Crippen molar-refractivity contribution in [2.24, 2.45) is 0 Å². The van der Waals surface area contributed by atoms with Crippen molar-refractivity contribution in [3.63, 3.8) is 0 Å². The molecule has 0 unspecified atom stereocenters. The smallest absolute Gasteiger partial charge is 0.507 e. The summed E-state index contributed by atoms with van der Waals surface area (Å²) in [6, 6.07) is 15.3. The van der Waals surface area contributed by atoms with E-state index in [1.807, 2.05) is 38.1 Å². The number of nitrogens with one attached hydrogen (secondary N) is 1. The summed E-state index contributed by atoms with van der Waals surface area (Å²) in [6.45, 7) is 27.9. The van der Waals surface area contributed by atoms with Crippen LogP contribution in [0.3, 0.4) is 0 Å². The van der Waals surface area contributed by atoms with Gasteiger partial charge in [0, 0.05) is 48.4 Å². The van der Waals surface area contributed by atoms with Crippen molar-refractivity contribution in [1.82, 2.24) is 4.98 Å². The molecule has 3 N–H and O–H groups in total. The lowest BCUT2D eigenvalue weighted by Gasteiger charge is -2.28. The third-order valence-corrected chi connectivity index (χ3v) is 10.5. The molecule has 1 aliphatic rings. The van der Waals surface area contributed by atoms with Gasteiger partial charge in [-0.1, -0.05) is 89.6 Å². The van der Waals surface area contributed by atoms with E-state index in [2.05, 4.69) is 110 Å². The van der Waals surface area contributed by atoms with Gasteiger partial charge in [0.15, 0.2) is 11.4 Å². The monoisotopic (exact) mass is 755 g/mol. The average molecular weight is 756 g/mol. The number of aromatic hydroxyl groups is 1. The number of H-pyrrole nitrogens is 1. The number of benzene rings is 3. The Bertz CT molecular complexity index is 2260. The van der Waals surface area contributed by atoms with E-state index in [1.54, 1.807) is 12.1 Å². The number of phenols is 1. The van der Waals surface area contributed by atoms with Crippen molar-refractivity contribution >= 4 is 24.9 Å². The van der Waals surface area contributed by atoms with Gasteiger partial charge in [0.1, 0.15) is 30.3 Å². The van der Waals surface area contributed by atoms with Gasteiger partial charge in [-0.15, -0.1) is 0 Å². The van der Waals surface area contributed by atoms with E-state index in [1.165, 1.54) is 6.07 Å². The standard InChI is InChI=1S/C45H50BFN4O.CH4O.CH2O/c1-25-18-26(2)38(27(3)19-25)40(41-29(5)39(30(6)50-41)33-16-14-15-17-37(33)47)42-28(4)34(31(7)51(42)46(23-48)24-49)20-32-21-35(44(8,9)10)43(52)36(22-32)45(11,12)13;2*1-2/h14-19,21-22,52H,20H2,1-13H3;2H,1H3;1H2/p+1. The number of halogens is 1. The number of aliphatic hydroxyl groups excluding tert-OH is 1. The fourth-order valence-corrected chi connectivity index (χ4v) is 8.09. The molecule has 0 atom stereocenters. The van der Waals surface area contributed by atoms with Crippen LogP contribution in [0.1, 0.15) is 111 Å². The molecule has 2 heterocycles. The highest BCUT2D eigenvalue weighted by atomic mass is 19.1. The van der Waals surface area contributed by atoms with Gasteiger partial charge in [0.25, 0.3) is 0 Å². The zero-order valence-corrected chi connectivity index (χ0v) is 35.6. The third kappa shape index (κ3) is 8.49. The largest absolute Gasteiger partial charge is 0.719 e. The van der Waals surface area contributed by atoms with Crippen molar-refractivity contribution in [3.05, 3.63) is 127 Å². The maximum atomic E-state index is 15.4.